The number of benzene rings is 1. The normalized spacial score (nSPS) is 11.4. The van der Waals surface area contributed by atoms with E-state index in [0.29, 0.717) is 23.2 Å². The van der Waals surface area contributed by atoms with Gasteiger partial charge in [-0.1, -0.05) is 13.8 Å². The number of rotatable bonds is 7. The van der Waals surface area contributed by atoms with Gasteiger partial charge in [-0.2, -0.15) is 0 Å². The van der Waals surface area contributed by atoms with Crippen LogP contribution in [0.1, 0.15) is 26.2 Å². The molecule has 27 heavy (non-hydrogen) atoms. The molecule has 0 amide bonds. The first kappa shape index (κ1) is 18.9. The third-order valence-corrected chi connectivity index (χ3v) is 4.71. The van der Waals surface area contributed by atoms with Crippen LogP contribution >= 0.6 is 11.8 Å². The fraction of sp³-hybridized carbons (Fsp3) is 0.263. The van der Waals surface area contributed by atoms with Gasteiger partial charge in [0, 0.05) is 22.3 Å². The van der Waals surface area contributed by atoms with Gasteiger partial charge in [-0.15, -0.1) is 22.0 Å². The van der Waals surface area contributed by atoms with Gasteiger partial charge >= 0.3 is 5.97 Å². The van der Waals surface area contributed by atoms with Gasteiger partial charge in [-0.05, 0) is 42.7 Å². The van der Waals surface area contributed by atoms with Crippen molar-refractivity contribution < 1.29 is 14.3 Å². The first-order valence-electron chi connectivity index (χ1n) is 8.31. The Kier molecular flexibility index (Phi) is 5.46. The molecule has 0 fully saturated rings. The molecular formula is C19H20N4O3S. The van der Waals surface area contributed by atoms with Crippen LogP contribution in [0.2, 0.25) is 0 Å². The summed E-state index contributed by atoms with van der Waals surface area (Å²) in [5, 5.41) is 20.4. The molecule has 0 aliphatic heterocycles. The van der Waals surface area contributed by atoms with Gasteiger partial charge < -0.3 is 14.8 Å². The summed E-state index contributed by atoms with van der Waals surface area (Å²) in [5.74, 6) is 0.349. The molecule has 140 valence electrons. The molecule has 0 bridgehead atoms. The van der Waals surface area contributed by atoms with Gasteiger partial charge in [0.2, 0.25) is 11.8 Å². The smallest absolute Gasteiger partial charge is 0.304 e. The number of nitrogens with one attached hydrogen (secondary N) is 1. The van der Waals surface area contributed by atoms with Crippen molar-refractivity contribution in [2.75, 3.05) is 11.6 Å². The van der Waals surface area contributed by atoms with Crippen molar-refractivity contribution in [3.05, 3.63) is 48.5 Å². The Labute approximate surface area is 161 Å². The summed E-state index contributed by atoms with van der Waals surface area (Å²) in [4.78, 5) is 16.5. The van der Waals surface area contributed by atoms with Crippen LogP contribution in [-0.4, -0.2) is 32.5 Å². The van der Waals surface area contributed by atoms with Crippen molar-refractivity contribution in [1.29, 1.82) is 0 Å². The number of nitrogens with zero attached hydrogens (tertiary/aromatic N) is 3. The van der Waals surface area contributed by atoms with Crippen LogP contribution in [0.3, 0.4) is 0 Å². The third kappa shape index (κ3) is 4.65. The highest BCUT2D eigenvalue weighted by Crippen LogP contribution is 2.29. The van der Waals surface area contributed by atoms with E-state index < -0.39 is 11.4 Å². The van der Waals surface area contributed by atoms with Crippen LogP contribution in [0.15, 0.2) is 51.9 Å². The maximum Gasteiger partial charge on any atom is 0.304 e. The number of hydrogen-bond acceptors (Lipinski definition) is 7. The Morgan fingerprint density at radius 1 is 1.22 bits per heavy atom. The summed E-state index contributed by atoms with van der Waals surface area (Å²) in [7, 11) is 0. The first-order valence-corrected chi connectivity index (χ1v) is 9.53. The summed E-state index contributed by atoms with van der Waals surface area (Å²) in [6.45, 7) is 3.52. The van der Waals surface area contributed by atoms with Crippen molar-refractivity contribution in [3.8, 4) is 11.5 Å². The number of anilines is 2. The molecule has 0 spiro atoms. The van der Waals surface area contributed by atoms with Crippen LogP contribution < -0.4 is 5.32 Å². The van der Waals surface area contributed by atoms with E-state index >= 15 is 0 Å². The van der Waals surface area contributed by atoms with Crippen LogP contribution in [0, 0.1) is 0 Å². The zero-order valence-corrected chi connectivity index (χ0v) is 16.1. The predicted octanol–water partition coefficient (Wildman–Crippen LogP) is 4.35. The number of pyridine rings is 1. The number of carboxylic acid groups (broad SMARTS) is 1. The standard InChI is InChI=1S/C19H20N4O3S/c1-19(2,11-16(24)25)18-23-22-17(26-18)12-8-9-20-15(10-12)21-13-4-6-14(27-3)7-5-13/h4-10H,11H2,1-3H3,(H,20,21)(H,24,25). The second-order valence-corrected chi connectivity index (χ2v) is 7.53. The van der Waals surface area contributed by atoms with Crippen molar-refractivity contribution in [1.82, 2.24) is 15.2 Å². The largest absolute Gasteiger partial charge is 0.481 e. The molecule has 3 aromatic rings. The molecule has 0 aliphatic carbocycles. The monoisotopic (exact) mass is 384 g/mol. The highest BCUT2D eigenvalue weighted by atomic mass is 32.2. The zero-order valence-electron chi connectivity index (χ0n) is 15.3. The topological polar surface area (TPSA) is 101 Å². The minimum atomic E-state index is -0.914. The van der Waals surface area contributed by atoms with Crippen molar-refractivity contribution in [2.24, 2.45) is 0 Å². The lowest BCUT2D eigenvalue weighted by molar-refractivity contribution is -0.138. The van der Waals surface area contributed by atoms with Gasteiger partial charge in [-0.3, -0.25) is 4.79 Å². The van der Waals surface area contributed by atoms with Gasteiger partial charge in [0.05, 0.1) is 11.8 Å². The number of thioether (sulfide) groups is 1. The van der Waals surface area contributed by atoms with E-state index in [1.807, 2.05) is 36.6 Å². The van der Waals surface area contributed by atoms with Gasteiger partial charge in [-0.25, -0.2) is 4.98 Å². The minimum Gasteiger partial charge on any atom is -0.481 e. The highest BCUT2D eigenvalue weighted by molar-refractivity contribution is 7.98. The number of hydrogen-bond donors (Lipinski definition) is 2. The second-order valence-electron chi connectivity index (χ2n) is 6.65. The molecule has 7 nitrogen and oxygen atoms in total. The van der Waals surface area contributed by atoms with E-state index in [0.717, 1.165) is 5.69 Å². The molecule has 0 saturated heterocycles. The number of carbonyl (C=O) groups is 1. The molecule has 2 aromatic heterocycles. The molecule has 0 aliphatic rings. The summed E-state index contributed by atoms with van der Waals surface area (Å²) < 4.78 is 5.73. The Balaban J connectivity index is 1.80. The van der Waals surface area contributed by atoms with Gasteiger partial charge in [0.15, 0.2) is 0 Å². The number of aromatic nitrogens is 3. The summed E-state index contributed by atoms with van der Waals surface area (Å²) >= 11 is 1.68. The molecule has 3 rings (SSSR count). The Morgan fingerprint density at radius 2 is 1.96 bits per heavy atom. The lowest BCUT2D eigenvalue weighted by atomic mass is 9.89. The lowest BCUT2D eigenvalue weighted by Crippen LogP contribution is -2.22. The van der Waals surface area contributed by atoms with E-state index in [9.17, 15) is 4.79 Å². The highest BCUT2D eigenvalue weighted by Gasteiger charge is 2.30. The molecule has 2 N–H and O–H groups in total. The van der Waals surface area contributed by atoms with Crippen LogP contribution in [0.25, 0.3) is 11.5 Å². The summed E-state index contributed by atoms with van der Waals surface area (Å²) in [5.41, 5.74) is 0.883. The molecule has 2 heterocycles. The second kappa shape index (κ2) is 7.79. The molecule has 0 unspecified atom stereocenters. The fourth-order valence-electron chi connectivity index (χ4n) is 2.52. The first-order chi connectivity index (χ1) is 12.9. The zero-order chi connectivity index (χ0) is 19.4. The molecular weight excluding hydrogens is 364 g/mol. The van der Waals surface area contributed by atoms with Crippen molar-refractivity contribution in [3.63, 3.8) is 0 Å². The van der Waals surface area contributed by atoms with E-state index in [-0.39, 0.29) is 6.42 Å². The van der Waals surface area contributed by atoms with Gasteiger partial charge in [0.25, 0.3) is 0 Å². The molecule has 1 aromatic carbocycles. The maximum atomic E-state index is 11.0. The van der Waals surface area contributed by atoms with E-state index in [1.54, 1.807) is 37.9 Å². The summed E-state index contributed by atoms with van der Waals surface area (Å²) in [6, 6.07) is 11.6. The quantitative estimate of drug-likeness (QED) is 0.580. The number of carboxylic acids is 1. The lowest BCUT2D eigenvalue weighted by Gasteiger charge is -2.16. The third-order valence-electron chi connectivity index (χ3n) is 3.97. The Morgan fingerprint density at radius 3 is 2.63 bits per heavy atom. The average Bonchev–Trinajstić information content (AvgIpc) is 3.13. The van der Waals surface area contributed by atoms with E-state index in [2.05, 4.69) is 20.5 Å². The Bertz CT molecular complexity index is 938. The van der Waals surface area contributed by atoms with Crippen molar-refractivity contribution >= 4 is 29.2 Å². The summed E-state index contributed by atoms with van der Waals surface area (Å²) in [6.07, 6.45) is 3.59. The van der Waals surface area contributed by atoms with E-state index in [4.69, 9.17) is 9.52 Å². The maximum absolute atomic E-state index is 11.0. The predicted molar refractivity (Wildman–Crippen MR) is 104 cm³/mol. The SMILES string of the molecule is CSc1ccc(Nc2cc(-c3nnc(C(C)(C)CC(=O)O)o3)ccn2)cc1. The minimum absolute atomic E-state index is 0.0934. The molecule has 0 radical (unpaired) electrons. The Hall–Kier alpha value is -2.87. The molecule has 0 saturated carbocycles. The van der Waals surface area contributed by atoms with Crippen LogP contribution in [-0.2, 0) is 10.2 Å². The van der Waals surface area contributed by atoms with Gasteiger partial charge in [0.1, 0.15) is 5.82 Å². The average molecular weight is 384 g/mol. The van der Waals surface area contributed by atoms with E-state index in [1.165, 1.54) is 4.90 Å². The molecule has 8 heteroatoms. The molecule has 0 atom stereocenters. The van der Waals surface area contributed by atoms with Crippen LogP contribution in [0.4, 0.5) is 11.5 Å². The van der Waals surface area contributed by atoms with Crippen molar-refractivity contribution in [2.45, 2.75) is 30.6 Å². The fourth-order valence-corrected chi connectivity index (χ4v) is 2.93. The van der Waals surface area contributed by atoms with Crippen LogP contribution in [0.5, 0.6) is 0 Å². The number of aliphatic carboxylic acids is 1.